The molecule has 0 spiro atoms. The lowest BCUT2D eigenvalue weighted by Crippen LogP contribution is -2.28. The molecule has 1 atom stereocenters. The Balaban J connectivity index is 1.49. The van der Waals surface area contributed by atoms with Crippen molar-refractivity contribution < 1.29 is 14.0 Å². The number of hydrogen-bond donors (Lipinski definition) is 4. The Bertz CT molecular complexity index is 1550. The van der Waals surface area contributed by atoms with Gasteiger partial charge >= 0.3 is 0 Å². The third-order valence-electron chi connectivity index (χ3n) is 5.93. The average molecular weight is 525 g/mol. The summed E-state index contributed by atoms with van der Waals surface area (Å²) in [6, 6.07) is 16.3. The van der Waals surface area contributed by atoms with Gasteiger partial charge in [0.2, 0.25) is 0 Å². The molecule has 0 saturated carbocycles. The third-order valence-corrected chi connectivity index (χ3v) is 5.93. The molecule has 0 aliphatic carbocycles. The quantitative estimate of drug-likeness (QED) is 0.272. The molecule has 0 unspecified atom stereocenters. The Labute approximate surface area is 224 Å². The van der Waals surface area contributed by atoms with E-state index in [1.165, 1.54) is 37.6 Å². The standard InChI is InChI=1S/C28H25FN8O2/c1-16(19-7-9-21(29)10-8-19)36-27(38)22-11-18(12-30)14-35-26(22)34-13-17-3-5-20(6-4-17)23-15-33-25(31)24(37-23)28(39)32-2/h3-11,14-16H,13H2,1-2H3,(H2,31,33)(H,32,39)(H,34,35)(H,36,38)/t16-/m0/s1. The lowest BCUT2D eigenvalue weighted by atomic mass is 10.1. The number of benzene rings is 2. The second-order valence-corrected chi connectivity index (χ2v) is 8.60. The molecule has 4 aromatic rings. The number of aromatic nitrogens is 3. The first kappa shape index (κ1) is 26.7. The number of nitrogen functional groups attached to an aromatic ring is 1. The predicted molar refractivity (Wildman–Crippen MR) is 144 cm³/mol. The Hall–Kier alpha value is -5.37. The summed E-state index contributed by atoms with van der Waals surface area (Å²) in [5, 5.41) is 17.8. The number of carbonyl (C=O) groups is 2. The van der Waals surface area contributed by atoms with E-state index in [1.54, 1.807) is 19.1 Å². The summed E-state index contributed by atoms with van der Waals surface area (Å²) in [6.45, 7) is 2.12. The molecule has 2 aromatic heterocycles. The van der Waals surface area contributed by atoms with Gasteiger partial charge in [-0.1, -0.05) is 36.4 Å². The molecule has 0 aliphatic rings. The highest BCUT2D eigenvalue weighted by Gasteiger charge is 2.18. The van der Waals surface area contributed by atoms with E-state index in [0.717, 1.165) is 16.7 Å². The number of amides is 2. The minimum atomic E-state index is -0.428. The maximum absolute atomic E-state index is 13.3. The second-order valence-electron chi connectivity index (χ2n) is 8.60. The topological polar surface area (TPSA) is 159 Å². The van der Waals surface area contributed by atoms with Gasteiger partial charge in [0.25, 0.3) is 11.8 Å². The molecule has 5 N–H and O–H groups in total. The number of rotatable bonds is 8. The van der Waals surface area contributed by atoms with Gasteiger partial charge in [-0.05, 0) is 36.2 Å². The highest BCUT2D eigenvalue weighted by atomic mass is 19.1. The summed E-state index contributed by atoms with van der Waals surface area (Å²) in [5.74, 6) is -0.868. The van der Waals surface area contributed by atoms with Crippen LogP contribution in [0.15, 0.2) is 67.0 Å². The number of nitriles is 1. The van der Waals surface area contributed by atoms with Crippen molar-refractivity contribution in [3.8, 4) is 17.3 Å². The smallest absolute Gasteiger partial charge is 0.273 e. The summed E-state index contributed by atoms with van der Waals surface area (Å²) in [5.41, 5.74) is 9.11. The van der Waals surface area contributed by atoms with Crippen LogP contribution >= 0.6 is 0 Å². The van der Waals surface area contributed by atoms with Crippen LogP contribution in [0.5, 0.6) is 0 Å². The molecular weight excluding hydrogens is 499 g/mol. The van der Waals surface area contributed by atoms with Crippen molar-refractivity contribution in [3.63, 3.8) is 0 Å². The first-order valence-corrected chi connectivity index (χ1v) is 11.9. The Morgan fingerprint density at radius 3 is 2.44 bits per heavy atom. The average Bonchev–Trinajstić information content (AvgIpc) is 2.96. The van der Waals surface area contributed by atoms with Crippen LogP contribution in [0.3, 0.4) is 0 Å². The zero-order valence-electron chi connectivity index (χ0n) is 21.2. The largest absolute Gasteiger partial charge is 0.382 e. The van der Waals surface area contributed by atoms with Gasteiger partial charge in [0.05, 0.1) is 29.1 Å². The number of nitrogens with zero attached hydrogens (tertiary/aromatic N) is 4. The molecule has 2 amide bonds. The minimum Gasteiger partial charge on any atom is -0.382 e. The van der Waals surface area contributed by atoms with Crippen molar-refractivity contribution in [2.24, 2.45) is 0 Å². The molecule has 0 bridgehead atoms. The summed E-state index contributed by atoms with van der Waals surface area (Å²) >= 11 is 0. The van der Waals surface area contributed by atoms with Crippen molar-refractivity contribution >= 4 is 23.5 Å². The summed E-state index contributed by atoms with van der Waals surface area (Å²) < 4.78 is 13.3. The van der Waals surface area contributed by atoms with Crippen LogP contribution in [0.1, 0.15) is 50.5 Å². The van der Waals surface area contributed by atoms with Gasteiger partial charge in [-0.15, -0.1) is 0 Å². The summed E-state index contributed by atoms with van der Waals surface area (Å²) in [4.78, 5) is 37.7. The van der Waals surface area contributed by atoms with E-state index in [0.29, 0.717) is 18.1 Å². The van der Waals surface area contributed by atoms with Gasteiger partial charge in [-0.25, -0.2) is 19.3 Å². The normalized spacial score (nSPS) is 11.2. The van der Waals surface area contributed by atoms with Gasteiger partial charge in [0.1, 0.15) is 17.7 Å². The molecule has 196 valence electrons. The third kappa shape index (κ3) is 6.31. The zero-order chi connectivity index (χ0) is 27.9. The van der Waals surface area contributed by atoms with E-state index in [2.05, 4.69) is 30.9 Å². The van der Waals surface area contributed by atoms with E-state index in [9.17, 15) is 19.2 Å². The van der Waals surface area contributed by atoms with Crippen LogP contribution in [0, 0.1) is 17.1 Å². The fourth-order valence-electron chi connectivity index (χ4n) is 3.75. The van der Waals surface area contributed by atoms with Crippen LogP contribution < -0.4 is 21.7 Å². The van der Waals surface area contributed by atoms with Crippen LogP contribution in [0.4, 0.5) is 16.0 Å². The van der Waals surface area contributed by atoms with E-state index < -0.39 is 17.9 Å². The van der Waals surface area contributed by atoms with Crippen molar-refractivity contribution in [2.45, 2.75) is 19.5 Å². The Kier molecular flexibility index (Phi) is 8.06. The van der Waals surface area contributed by atoms with Gasteiger partial charge < -0.3 is 21.7 Å². The van der Waals surface area contributed by atoms with Crippen LogP contribution in [0.2, 0.25) is 0 Å². The number of nitrogens with one attached hydrogen (secondary N) is 3. The van der Waals surface area contributed by atoms with E-state index in [-0.39, 0.29) is 28.5 Å². The minimum absolute atomic E-state index is 0.0423. The highest BCUT2D eigenvalue weighted by molar-refractivity contribution is 5.99. The van der Waals surface area contributed by atoms with Crippen molar-refractivity contribution in [3.05, 3.63) is 101 Å². The zero-order valence-corrected chi connectivity index (χ0v) is 21.2. The molecule has 4 rings (SSSR count). The SMILES string of the molecule is CNC(=O)c1nc(-c2ccc(CNc3ncc(C#N)cc3C(=O)N[C@@H](C)c3ccc(F)cc3)cc2)cnc1N. The fraction of sp³-hybridized carbons (Fsp3) is 0.143. The van der Waals surface area contributed by atoms with E-state index in [1.807, 2.05) is 30.3 Å². The first-order chi connectivity index (χ1) is 18.8. The molecule has 0 radical (unpaired) electrons. The van der Waals surface area contributed by atoms with Crippen molar-refractivity contribution in [1.29, 1.82) is 5.26 Å². The molecule has 0 aliphatic heterocycles. The summed E-state index contributed by atoms with van der Waals surface area (Å²) in [6.07, 6.45) is 2.88. The molecule has 0 saturated heterocycles. The molecule has 11 heteroatoms. The predicted octanol–water partition coefficient (Wildman–Crippen LogP) is 3.59. The van der Waals surface area contributed by atoms with E-state index >= 15 is 0 Å². The lowest BCUT2D eigenvalue weighted by molar-refractivity contribution is 0.0937. The lowest BCUT2D eigenvalue weighted by Gasteiger charge is -2.16. The van der Waals surface area contributed by atoms with Gasteiger partial charge in [-0.2, -0.15) is 5.26 Å². The van der Waals surface area contributed by atoms with Gasteiger partial charge in [-0.3, -0.25) is 9.59 Å². The maximum atomic E-state index is 13.3. The van der Waals surface area contributed by atoms with Crippen LogP contribution in [0.25, 0.3) is 11.3 Å². The summed E-state index contributed by atoms with van der Waals surface area (Å²) in [7, 11) is 1.49. The molecule has 0 fully saturated rings. The molecule has 10 nitrogen and oxygen atoms in total. The number of anilines is 2. The van der Waals surface area contributed by atoms with Gasteiger partial charge in [0.15, 0.2) is 11.5 Å². The second kappa shape index (κ2) is 11.8. The Morgan fingerprint density at radius 1 is 1.05 bits per heavy atom. The number of halogens is 1. The molecular formula is C28H25FN8O2. The fourth-order valence-corrected chi connectivity index (χ4v) is 3.75. The van der Waals surface area contributed by atoms with Crippen molar-refractivity contribution in [2.75, 3.05) is 18.1 Å². The van der Waals surface area contributed by atoms with Crippen molar-refractivity contribution in [1.82, 2.24) is 25.6 Å². The molecule has 2 aromatic carbocycles. The highest BCUT2D eigenvalue weighted by Crippen LogP contribution is 2.21. The molecule has 2 heterocycles. The van der Waals surface area contributed by atoms with Gasteiger partial charge in [0, 0.05) is 25.4 Å². The molecule has 39 heavy (non-hydrogen) atoms. The number of carbonyl (C=O) groups excluding carboxylic acids is 2. The van der Waals surface area contributed by atoms with E-state index in [4.69, 9.17) is 5.73 Å². The van der Waals surface area contributed by atoms with Crippen LogP contribution in [-0.4, -0.2) is 33.8 Å². The number of hydrogen-bond acceptors (Lipinski definition) is 8. The maximum Gasteiger partial charge on any atom is 0.273 e. The number of pyridine rings is 1. The first-order valence-electron chi connectivity index (χ1n) is 11.9. The van der Waals surface area contributed by atoms with Crippen LogP contribution in [-0.2, 0) is 6.54 Å². The number of nitrogens with two attached hydrogens (primary N) is 1. The Morgan fingerprint density at radius 2 is 1.77 bits per heavy atom. The monoisotopic (exact) mass is 524 g/mol.